The zero-order valence-corrected chi connectivity index (χ0v) is 13.9. The van der Waals surface area contributed by atoms with Crippen molar-refractivity contribution >= 4 is 41.1 Å². The molecule has 3 atom stereocenters. The highest BCUT2D eigenvalue weighted by atomic mass is 33.1. The zero-order valence-electron chi connectivity index (χ0n) is 10.5. The van der Waals surface area contributed by atoms with Crippen molar-refractivity contribution in [3.8, 4) is 0 Å². The molecule has 2 rings (SSSR count). The summed E-state index contributed by atoms with van der Waals surface area (Å²) in [5.41, 5.74) is 2.46. The molecule has 0 aromatic heterocycles. The van der Waals surface area contributed by atoms with Crippen molar-refractivity contribution in [2.75, 3.05) is 0 Å². The van der Waals surface area contributed by atoms with Crippen LogP contribution >= 0.6 is 41.1 Å². The van der Waals surface area contributed by atoms with Gasteiger partial charge in [0.05, 0.1) is 10.00 Å². The summed E-state index contributed by atoms with van der Waals surface area (Å²) >= 11 is 3.89. The maximum Gasteiger partial charge on any atom is 0.582 e. The Bertz CT molecular complexity index is 447. The Morgan fingerprint density at radius 3 is 2.50 bits per heavy atom. The molecule has 6 heteroatoms. The van der Waals surface area contributed by atoms with Gasteiger partial charge in [-0.15, -0.1) is 4.52 Å². The maximum absolute atomic E-state index is 11.3. The minimum absolute atomic E-state index is 0.0616. The molecule has 0 aliphatic carbocycles. The van der Waals surface area contributed by atoms with Crippen LogP contribution in [0.5, 0.6) is 0 Å². The number of benzene rings is 1. The standard InChI is InChI=1S/C12H15O2PS3/c1-8-4-6-9(7-5-8)10-11(14-15(13)16)12(2,3)18-17-10/h4-7,10-11H,1-3H3/p+1/t10-,11+/m1/s1. The second-order valence-electron chi connectivity index (χ2n) is 4.88. The topological polar surface area (TPSA) is 26.3 Å². The van der Waals surface area contributed by atoms with Crippen LogP contribution in [-0.4, -0.2) is 10.9 Å². The minimum atomic E-state index is -1.88. The Labute approximate surface area is 122 Å². The molecule has 1 fully saturated rings. The van der Waals surface area contributed by atoms with E-state index in [0.29, 0.717) is 0 Å². The molecular weight excluding hydrogens is 303 g/mol. The van der Waals surface area contributed by atoms with Gasteiger partial charge in [-0.05, 0) is 30.9 Å². The Balaban J connectivity index is 2.26. The number of hydrogen-bond acceptors (Lipinski definition) is 4. The first-order valence-electron chi connectivity index (χ1n) is 5.64. The van der Waals surface area contributed by atoms with E-state index in [1.807, 2.05) is 0 Å². The molecule has 1 unspecified atom stereocenters. The number of aryl methyl sites for hydroxylation is 1. The van der Waals surface area contributed by atoms with Crippen molar-refractivity contribution < 1.29 is 9.09 Å². The SMILES string of the molecule is Cc1ccc([C@H]2SSC(C)(C)[C@H]2O[P+](=O)S)cc1. The first-order chi connectivity index (χ1) is 8.40. The quantitative estimate of drug-likeness (QED) is 0.471. The van der Waals surface area contributed by atoms with Crippen molar-refractivity contribution in [3.63, 3.8) is 0 Å². The molecule has 0 radical (unpaired) electrons. The van der Waals surface area contributed by atoms with E-state index in [-0.39, 0.29) is 16.1 Å². The Kier molecular flexibility index (Phi) is 4.71. The Morgan fingerprint density at radius 1 is 1.33 bits per heavy atom. The second-order valence-corrected chi connectivity index (χ2v) is 9.54. The lowest BCUT2D eigenvalue weighted by atomic mass is 9.97. The van der Waals surface area contributed by atoms with E-state index < -0.39 is 7.23 Å². The fourth-order valence-corrected chi connectivity index (χ4v) is 6.40. The van der Waals surface area contributed by atoms with Gasteiger partial charge >= 0.3 is 7.23 Å². The highest BCUT2D eigenvalue weighted by Crippen LogP contribution is 2.61. The largest absolute Gasteiger partial charge is 0.582 e. The van der Waals surface area contributed by atoms with Crippen LogP contribution in [0.4, 0.5) is 0 Å². The molecule has 0 N–H and O–H groups in total. The smallest absolute Gasteiger partial charge is 0.130 e. The summed E-state index contributed by atoms with van der Waals surface area (Å²) in [4.78, 5) is 0. The number of rotatable bonds is 3. The average molecular weight is 319 g/mol. The van der Waals surface area contributed by atoms with E-state index in [0.717, 1.165) is 0 Å². The lowest BCUT2D eigenvalue weighted by molar-refractivity contribution is 0.187. The highest BCUT2D eigenvalue weighted by molar-refractivity contribution is 8.77. The average Bonchev–Trinajstić information content (AvgIpc) is 2.56. The summed E-state index contributed by atoms with van der Waals surface area (Å²) in [5, 5.41) is 0.205. The highest BCUT2D eigenvalue weighted by Gasteiger charge is 2.49. The predicted octanol–water partition coefficient (Wildman–Crippen LogP) is 5.18. The molecule has 1 aliphatic rings. The second kappa shape index (κ2) is 5.76. The van der Waals surface area contributed by atoms with Crippen molar-refractivity contribution in [2.24, 2.45) is 0 Å². The molecule has 18 heavy (non-hydrogen) atoms. The molecule has 0 bridgehead atoms. The third-order valence-corrected chi connectivity index (χ3v) is 7.31. The van der Waals surface area contributed by atoms with Crippen LogP contribution in [0.15, 0.2) is 24.3 Å². The Morgan fingerprint density at radius 2 is 1.94 bits per heavy atom. The normalized spacial score (nSPS) is 27.2. The lowest BCUT2D eigenvalue weighted by Crippen LogP contribution is -2.32. The van der Waals surface area contributed by atoms with Gasteiger partial charge in [0.15, 0.2) is 0 Å². The summed E-state index contributed by atoms with van der Waals surface area (Å²) in [6, 6.07) is 8.45. The van der Waals surface area contributed by atoms with E-state index >= 15 is 0 Å². The summed E-state index contributed by atoms with van der Waals surface area (Å²) in [7, 11) is 1.70. The van der Waals surface area contributed by atoms with Crippen LogP contribution in [0.25, 0.3) is 0 Å². The van der Waals surface area contributed by atoms with Gasteiger partial charge in [0.2, 0.25) is 0 Å². The fraction of sp³-hybridized carbons (Fsp3) is 0.500. The number of thiol groups is 1. The van der Waals surface area contributed by atoms with Gasteiger partial charge in [-0.2, -0.15) is 0 Å². The molecule has 0 spiro atoms. The van der Waals surface area contributed by atoms with Crippen molar-refractivity contribution in [3.05, 3.63) is 35.4 Å². The summed E-state index contributed by atoms with van der Waals surface area (Å²) in [5.74, 6) is 0. The van der Waals surface area contributed by atoms with Crippen molar-refractivity contribution in [1.82, 2.24) is 0 Å². The van der Waals surface area contributed by atoms with Gasteiger partial charge < -0.3 is 0 Å². The lowest BCUT2D eigenvalue weighted by Gasteiger charge is -2.23. The third kappa shape index (κ3) is 3.26. The van der Waals surface area contributed by atoms with Gasteiger partial charge in [-0.1, -0.05) is 51.4 Å². The zero-order chi connectivity index (χ0) is 13.3. The molecule has 1 saturated heterocycles. The summed E-state index contributed by atoms with van der Waals surface area (Å²) in [6.45, 7) is 6.31. The molecule has 98 valence electrons. The van der Waals surface area contributed by atoms with E-state index in [2.05, 4.69) is 57.3 Å². The Hall–Kier alpha value is 0.330. The fourth-order valence-electron chi connectivity index (χ4n) is 1.90. The molecule has 1 aliphatic heterocycles. The molecule has 1 aromatic rings. The molecule has 1 aromatic carbocycles. The molecular formula is C12H16O2PS3+. The van der Waals surface area contributed by atoms with Crippen molar-refractivity contribution in [2.45, 2.75) is 36.9 Å². The number of hydrogen-bond donors (Lipinski definition) is 1. The van der Waals surface area contributed by atoms with Gasteiger partial charge in [0.1, 0.15) is 18.4 Å². The first kappa shape index (κ1) is 14.7. The monoisotopic (exact) mass is 319 g/mol. The summed E-state index contributed by atoms with van der Waals surface area (Å²) < 4.78 is 16.8. The van der Waals surface area contributed by atoms with Crippen LogP contribution in [0.2, 0.25) is 0 Å². The van der Waals surface area contributed by atoms with E-state index in [4.69, 9.17) is 4.52 Å². The van der Waals surface area contributed by atoms with E-state index in [1.54, 1.807) is 21.6 Å². The molecule has 0 amide bonds. The molecule has 2 nitrogen and oxygen atoms in total. The molecule has 0 saturated carbocycles. The first-order valence-corrected chi connectivity index (χ1v) is 10.2. The third-order valence-electron chi connectivity index (χ3n) is 2.94. The van der Waals surface area contributed by atoms with Crippen LogP contribution in [-0.2, 0) is 9.09 Å². The van der Waals surface area contributed by atoms with Gasteiger partial charge in [0.25, 0.3) is 0 Å². The minimum Gasteiger partial charge on any atom is -0.130 e. The van der Waals surface area contributed by atoms with E-state index in [1.165, 1.54) is 11.1 Å². The van der Waals surface area contributed by atoms with Crippen LogP contribution in [0.3, 0.4) is 0 Å². The van der Waals surface area contributed by atoms with Gasteiger partial charge in [-0.25, -0.2) is 0 Å². The summed E-state index contributed by atoms with van der Waals surface area (Å²) in [6.07, 6.45) is -0.0867. The predicted molar refractivity (Wildman–Crippen MR) is 84.6 cm³/mol. The molecule has 1 heterocycles. The van der Waals surface area contributed by atoms with Crippen LogP contribution < -0.4 is 0 Å². The van der Waals surface area contributed by atoms with Crippen LogP contribution in [0.1, 0.15) is 30.2 Å². The van der Waals surface area contributed by atoms with Crippen molar-refractivity contribution in [1.29, 1.82) is 0 Å². The maximum atomic E-state index is 11.3. The van der Waals surface area contributed by atoms with Gasteiger partial charge in [0, 0.05) is 0 Å². The van der Waals surface area contributed by atoms with Gasteiger partial charge in [-0.3, -0.25) is 0 Å². The van der Waals surface area contributed by atoms with Crippen LogP contribution in [0, 0.1) is 6.92 Å². The van der Waals surface area contributed by atoms with E-state index in [9.17, 15) is 4.57 Å².